The van der Waals surface area contributed by atoms with Gasteiger partial charge >= 0.3 is 0 Å². The van der Waals surface area contributed by atoms with Gasteiger partial charge in [-0.3, -0.25) is 0 Å². The largest absolute Gasteiger partial charge is 0.489 e. The zero-order chi connectivity index (χ0) is 11.1. The van der Waals surface area contributed by atoms with Crippen molar-refractivity contribution >= 4 is 47.8 Å². The van der Waals surface area contributed by atoms with Crippen LogP contribution in [-0.4, -0.2) is 18.8 Å². The maximum absolute atomic E-state index is 5.69. The van der Waals surface area contributed by atoms with Crippen LogP contribution in [0.1, 0.15) is 6.92 Å². The van der Waals surface area contributed by atoms with Crippen LogP contribution in [-0.2, 0) is 4.74 Å². The fourth-order valence-corrected chi connectivity index (χ4v) is 2.60. The van der Waals surface area contributed by atoms with Gasteiger partial charge in [-0.15, -0.1) is 0 Å². The number of hydrogen-bond donors (Lipinski definition) is 0. The third-order valence-corrected chi connectivity index (χ3v) is 4.56. The Morgan fingerprint density at radius 3 is 2.67 bits per heavy atom. The molecule has 2 rings (SSSR count). The number of halogens is 3. The Morgan fingerprint density at radius 1 is 1.40 bits per heavy atom. The van der Waals surface area contributed by atoms with Crippen molar-refractivity contribution in [2.45, 2.75) is 12.5 Å². The molecule has 1 atom stereocenters. The fourth-order valence-electron chi connectivity index (χ4n) is 1.07. The minimum atomic E-state index is -0.0891. The van der Waals surface area contributed by atoms with Crippen LogP contribution in [0.2, 0.25) is 0 Å². The van der Waals surface area contributed by atoms with Crippen LogP contribution < -0.4 is 4.74 Å². The molecule has 1 fully saturated rings. The molecule has 0 spiro atoms. The summed E-state index contributed by atoms with van der Waals surface area (Å²) in [5, 5.41) is 0. The molecule has 0 aliphatic carbocycles. The Balaban J connectivity index is 2.13. The summed E-state index contributed by atoms with van der Waals surface area (Å²) in [4.78, 5) is 0. The Kier molecular flexibility index (Phi) is 3.45. The molecule has 0 amide bonds. The molecule has 82 valence electrons. The molecule has 1 saturated heterocycles. The topological polar surface area (TPSA) is 21.8 Å². The lowest BCUT2D eigenvalue weighted by Crippen LogP contribution is -2.17. The van der Waals surface area contributed by atoms with Crippen molar-refractivity contribution in [3.05, 3.63) is 25.6 Å². The van der Waals surface area contributed by atoms with Crippen molar-refractivity contribution < 1.29 is 9.47 Å². The molecule has 0 saturated carbocycles. The molecule has 0 bridgehead atoms. The number of rotatable bonds is 3. The van der Waals surface area contributed by atoms with Gasteiger partial charge in [0.15, 0.2) is 0 Å². The summed E-state index contributed by atoms with van der Waals surface area (Å²) in [6, 6.07) is 3.90. The lowest BCUT2D eigenvalue weighted by Gasteiger charge is -2.11. The highest BCUT2D eigenvalue weighted by Gasteiger charge is 2.40. The quantitative estimate of drug-likeness (QED) is 0.562. The molecule has 0 N–H and O–H groups in total. The third-order valence-electron chi connectivity index (χ3n) is 2.13. The molecular formula is C10H9Br3O2. The summed E-state index contributed by atoms with van der Waals surface area (Å²) in [7, 11) is 0. The van der Waals surface area contributed by atoms with E-state index >= 15 is 0 Å². The normalized spacial score (nSPS) is 24.0. The molecule has 1 heterocycles. The Hall–Kier alpha value is 0.420. The summed E-state index contributed by atoms with van der Waals surface area (Å²) < 4.78 is 13.8. The van der Waals surface area contributed by atoms with Crippen molar-refractivity contribution in [3.8, 4) is 5.75 Å². The number of epoxide rings is 1. The molecule has 1 aromatic carbocycles. The predicted molar refractivity (Wildman–Crippen MR) is 69.4 cm³/mol. The van der Waals surface area contributed by atoms with Crippen molar-refractivity contribution in [1.82, 2.24) is 0 Å². The fraction of sp³-hybridized carbons (Fsp3) is 0.400. The van der Waals surface area contributed by atoms with Gasteiger partial charge in [0.25, 0.3) is 0 Å². The second kappa shape index (κ2) is 4.35. The molecule has 1 aromatic rings. The Morgan fingerprint density at radius 2 is 2.07 bits per heavy atom. The maximum atomic E-state index is 5.69. The molecule has 0 radical (unpaired) electrons. The molecule has 1 aliphatic rings. The van der Waals surface area contributed by atoms with Gasteiger partial charge in [-0.1, -0.05) is 15.9 Å². The lowest BCUT2D eigenvalue weighted by molar-refractivity contribution is 0.201. The van der Waals surface area contributed by atoms with Gasteiger partial charge < -0.3 is 9.47 Å². The highest BCUT2D eigenvalue weighted by Crippen LogP contribution is 2.37. The van der Waals surface area contributed by atoms with Crippen LogP contribution in [0.3, 0.4) is 0 Å². The zero-order valence-corrected chi connectivity index (χ0v) is 12.8. The Labute approximate surface area is 114 Å². The van der Waals surface area contributed by atoms with E-state index in [-0.39, 0.29) is 5.60 Å². The lowest BCUT2D eigenvalue weighted by atomic mass is 10.2. The maximum Gasteiger partial charge on any atom is 0.135 e. The van der Waals surface area contributed by atoms with Crippen LogP contribution in [0.25, 0.3) is 0 Å². The van der Waals surface area contributed by atoms with Gasteiger partial charge in [0.1, 0.15) is 18.0 Å². The smallest absolute Gasteiger partial charge is 0.135 e. The van der Waals surface area contributed by atoms with E-state index in [4.69, 9.17) is 9.47 Å². The van der Waals surface area contributed by atoms with Crippen LogP contribution in [0.5, 0.6) is 5.75 Å². The average Bonchev–Trinajstić information content (AvgIpc) is 2.88. The number of benzene rings is 1. The Bertz CT molecular complexity index is 388. The van der Waals surface area contributed by atoms with E-state index in [1.165, 1.54) is 0 Å². The monoisotopic (exact) mass is 398 g/mol. The molecule has 0 aromatic heterocycles. The predicted octanol–water partition coefficient (Wildman–Crippen LogP) is 4.14. The van der Waals surface area contributed by atoms with Crippen molar-refractivity contribution in [1.29, 1.82) is 0 Å². The van der Waals surface area contributed by atoms with Gasteiger partial charge in [0, 0.05) is 8.95 Å². The van der Waals surface area contributed by atoms with Crippen molar-refractivity contribution in [3.63, 3.8) is 0 Å². The van der Waals surface area contributed by atoms with Gasteiger partial charge in [-0.05, 0) is 50.9 Å². The first-order chi connectivity index (χ1) is 7.00. The second-order valence-electron chi connectivity index (χ2n) is 3.73. The van der Waals surface area contributed by atoms with Crippen LogP contribution >= 0.6 is 47.8 Å². The number of hydrogen-bond acceptors (Lipinski definition) is 2. The zero-order valence-electron chi connectivity index (χ0n) is 8.02. The first-order valence-corrected chi connectivity index (χ1v) is 6.79. The number of ether oxygens (including phenoxy) is 2. The third kappa shape index (κ3) is 2.96. The summed E-state index contributed by atoms with van der Waals surface area (Å²) in [6.45, 7) is 3.39. The summed E-state index contributed by atoms with van der Waals surface area (Å²) in [6.07, 6.45) is 0. The molecule has 5 heteroatoms. The van der Waals surface area contributed by atoms with Crippen LogP contribution in [0.15, 0.2) is 25.6 Å². The molecule has 1 unspecified atom stereocenters. The van der Waals surface area contributed by atoms with Crippen molar-refractivity contribution in [2.24, 2.45) is 0 Å². The van der Waals surface area contributed by atoms with Gasteiger partial charge in [0.05, 0.1) is 11.1 Å². The first-order valence-electron chi connectivity index (χ1n) is 4.41. The van der Waals surface area contributed by atoms with Crippen LogP contribution in [0, 0.1) is 0 Å². The van der Waals surface area contributed by atoms with Gasteiger partial charge in [-0.2, -0.15) is 0 Å². The highest BCUT2D eigenvalue weighted by molar-refractivity contribution is 9.13. The standard InChI is InChI=1S/C10H9Br3O2/c1-10(5-15-10)4-14-8-3-6(11)2-7(12)9(8)13/h2-3H,4-5H2,1H3. The molecule has 15 heavy (non-hydrogen) atoms. The average molecular weight is 401 g/mol. The minimum absolute atomic E-state index is 0.0891. The van der Waals surface area contributed by atoms with Crippen LogP contribution in [0.4, 0.5) is 0 Å². The van der Waals surface area contributed by atoms with Gasteiger partial charge in [-0.25, -0.2) is 0 Å². The summed E-state index contributed by atoms with van der Waals surface area (Å²) in [5.74, 6) is 0.813. The van der Waals surface area contributed by atoms with E-state index in [2.05, 4.69) is 47.8 Å². The molecular weight excluding hydrogens is 392 g/mol. The molecule has 2 nitrogen and oxygen atoms in total. The second-order valence-corrected chi connectivity index (χ2v) is 6.29. The van der Waals surface area contributed by atoms with Crippen molar-refractivity contribution in [2.75, 3.05) is 13.2 Å². The highest BCUT2D eigenvalue weighted by atomic mass is 79.9. The van der Waals surface area contributed by atoms with E-state index in [1.807, 2.05) is 19.1 Å². The van der Waals surface area contributed by atoms with E-state index < -0.39 is 0 Å². The first kappa shape index (κ1) is 11.9. The van der Waals surface area contributed by atoms with E-state index in [0.717, 1.165) is 25.8 Å². The summed E-state index contributed by atoms with van der Waals surface area (Å²) in [5.41, 5.74) is -0.0891. The van der Waals surface area contributed by atoms with E-state index in [9.17, 15) is 0 Å². The van der Waals surface area contributed by atoms with Gasteiger partial charge in [0.2, 0.25) is 0 Å². The molecule has 1 aliphatic heterocycles. The SMILES string of the molecule is CC1(COc2cc(Br)cc(Br)c2Br)CO1. The van der Waals surface area contributed by atoms with E-state index in [0.29, 0.717) is 6.61 Å². The minimum Gasteiger partial charge on any atom is -0.489 e. The summed E-state index contributed by atoms with van der Waals surface area (Å²) >= 11 is 10.3. The van der Waals surface area contributed by atoms with E-state index in [1.54, 1.807) is 0 Å².